The molecule has 2 aliphatic carbocycles. The van der Waals surface area contributed by atoms with E-state index in [1.165, 1.54) is 70.6 Å². The predicted octanol–water partition coefficient (Wildman–Crippen LogP) is 5.16. The molecule has 2 aliphatic rings. The van der Waals surface area contributed by atoms with E-state index in [-0.39, 0.29) is 0 Å². The first-order valence-electron chi connectivity index (χ1n) is 6.85. The van der Waals surface area contributed by atoms with Gasteiger partial charge >= 0.3 is 0 Å². The number of hydrogen-bond donors (Lipinski definition) is 0. The van der Waals surface area contributed by atoms with Gasteiger partial charge in [0.15, 0.2) is 0 Å². The Balaban J connectivity index is 1.92. The van der Waals surface area contributed by atoms with E-state index in [4.69, 9.17) is 0 Å². The van der Waals surface area contributed by atoms with Gasteiger partial charge in [-0.2, -0.15) is 0 Å². The van der Waals surface area contributed by atoms with E-state index in [9.17, 15) is 0 Å². The van der Waals surface area contributed by atoms with Crippen molar-refractivity contribution in [3.8, 4) is 0 Å². The normalized spacial score (nSPS) is 24.5. The molecule has 15 heavy (non-hydrogen) atoms. The molecule has 0 aliphatic heterocycles. The van der Waals surface area contributed by atoms with Crippen LogP contribution in [0.3, 0.4) is 0 Å². The second-order valence-electron chi connectivity index (χ2n) is 5.01. The largest absolute Gasteiger partial charge is 0.0810 e. The molecule has 0 saturated heterocycles. The Bertz CT molecular complexity index is 245. The second-order valence-corrected chi connectivity index (χ2v) is 5.01. The van der Waals surface area contributed by atoms with E-state index < -0.39 is 0 Å². The van der Waals surface area contributed by atoms with Crippen molar-refractivity contribution in [2.75, 3.05) is 0 Å². The van der Waals surface area contributed by atoms with Crippen LogP contribution < -0.4 is 0 Å². The summed E-state index contributed by atoms with van der Waals surface area (Å²) in [7, 11) is 0. The van der Waals surface area contributed by atoms with Crippen LogP contribution in [-0.2, 0) is 0 Å². The molecule has 84 valence electrons. The highest BCUT2D eigenvalue weighted by Gasteiger charge is 2.10. The summed E-state index contributed by atoms with van der Waals surface area (Å²) in [4.78, 5) is 0. The molecule has 0 N–H and O–H groups in total. The van der Waals surface area contributed by atoms with Crippen LogP contribution in [0, 0.1) is 0 Å². The first-order valence-corrected chi connectivity index (χ1v) is 6.85. The van der Waals surface area contributed by atoms with Gasteiger partial charge in [0.25, 0.3) is 0 Å². The highest BCUT2D eigenvalue weighted by atomic mass is 14.2. The van der Waals surface area contributed by atoms with Gasteiger partial charge in [-0.3, -0.25) is 0 Å². The Morgan fingerprint density at radius 1 is 0.533 bits per heavy atom. The number of allylic oxidation sites excluding steroid dienone is 4. The average Bonchev–Trinajstić information content (AvgIpc) is 2.65. The summed E-state index contributed by atoms with van der Waals surface area (Å²) in [6.45, 7) is 0. The Labute approximate surface area is 94.5 Å². The van der Waals surface area contributed by atoms with E-state index in [1.54, 1.807) is 11.1 Å². The fourth-order valence-corrected chi connectivity index (χ4v) is 2.81. The van der Waals surface area contributed by atoms with Gasteiger partial charge in [-0.1, -0.05) is 44.3 Å². The third-order valence-corrected chi connectivity index (χ3v) is 3.76. The Kier molecular flexibility index (Phi) is 4.50. The molecule has 0 aromatic rings. The van der Waals surface area contributed by atoms with Gasteiger partial charge in [-0.05, 0) is 49.7 Å². The molecule has 0 atom stereocenters. The standard InChI is InChI=1S/C15H24/c1-2-4-6-8-11-15-13-9-12-14(15)10-7-5-3-1/h10,13H,1-9,11-12H2. The third kappa shape index (κ3) is 3.52. The van der Waals surface area contributed by atoms with Crippen molar-refractivity contribution in [2.45, 2.75) is 70.6 Å². The summed E-state index contributed by atoms with van der Waals surface area (Å²) in [6.07, 6.45) is 20.5. The van der Waals surface area contributed by atoms with Crippen LogP contribution in [-0.4, -0.2) is 0 Å². The van der Waals surface area contributed by atoms with Gasteiger partial charge in [0.05, 0.1) is 0 Å². The summed E-state index contributed by atoms with van der Waals surface area (Å²) < 4.78 is 0. The molecule has 0 heteroatoms. The van der Waals surface area contributed by atoms with Gasteiger partial charge < -0.3 is 0 Å². The first-order chi connectivity index (χ1) is 7.47. The molecule has 2 rings (SSSR count). The average molecular weight is 204 g/mol. The van der Waals surface area contributed by atoms with E-state index in [0.29, 0.717) is 0 Å². The van der Waals surface area contributed by atoms with Gasteiger partial charge in [0.1, 0.15) is 0 Å². The van der Waals surface area contributed by atoms with Crippen LogP contribution in [0.1, 0.15) is 70.6 Å². The topological polar surface area (TPSA) is 0 Å². The van der Waals surface area contributed by atoms with Gasteiger partial charge in [-0.15, -0.1) is 0 Å². The Morgan fingerprint density at radius 3 is 2.00 bits per heavy atom. The van der Waals surface area contributed by atoms with Crippen molar-refractivity contribution in [1.29, 1.82) is 0 Å². The number of fused-ring (bicyclic) bond motifs is 1. The quantitative estimate of drug-likeness (QED) is 0.511. The molecule has 0 unspecified atom stereocenters. The fraction of sp³-hybridized carbons (Fsp3) is 0.733. The molecular formula is C15H24. The van der Waals surface area contributed by atoms with Crippen LogP contribution in [0.4, 0.5) is 0 Å². The van der Waals surface area contributed by atoms with Crippen molar-refractivity contribution in [2.24, 2.45) is 0 Å². The summed E-state index contributed by atoms with van der Waals surface area (Å²) in [5.74, 6) is 0. The lowest BCUT2D eigenvalue weighted by Gasteiger charge is -2.08. The SMILES string of the molecule is C1=C2CCC=C2CCCCCCCCC1. The summed E-state index contributed by atoms with van der Waals surface area (Å²) in [5, 5.41) is 0. The molecule has 0 aromatic heterocycles. The monoisotopic (exact) mass is 204 g/mol. The fourth-order valence-electron chi connectivity index (χ4n) is 2.81. The van der Waals surface area contributed by atoms with Gasteiger partial charge in [0.2, 0.25) is 0 Å². The van der Waals surface area contributed by atoms with Crippen molar-refractivity contribution in [3.05, 3.63) is 23.3 Å². The Morgan fingerprint density at radius 2 is 1.13 bits per heavy atom. The second kappa shape index (κ2) is 6.15. The van der Waals surface area contributed by atoms with Crippen molar-refractivity contribution < 1.29 is 0 Å². The third-order valence-electron chi connectivity index (χ3n) is 3.76. The van der Waals surface area contributed by atoms with Crippen LogP contribution in [0.2, 0.25) is 0 Å². The molecule has 0 saturated carbocycles. The summed E-state index contributed by atoms with van der Waals surface area (Å²) in [5.41, 5.74) is 3.38. The van der Waals surface area contributed by atoms with Crippen LogP contribution >= 0.6 is 0 Å². The molecule has 0 aromatic carbocycles. The van der Waals surface area contributed by atoms with Crippen molar-refractivity contribution >= 4 is 0 Å². The maximum atomic E-state index is 2.53. The summed E-state index contributed by atoms with van der Waals surface area (Å²) >= 11 is 0. The smallest absolute Gasteiger partial charge is 0.0244 e. The van der Waals surface area contributed by atoms with Crippen molar-refractivity contribution in [1.82, 2.24) is 0 Å². The zero-order valence-corrected chi connectivity index (χ0v) is 9.93. The molecule has 0 spiro atoms. The zero-order chi connectivity index (χ0) is 10.3. The molecule has 0 nitrogen and oxygen atoms in total. The van der Waals surface area contributed by atoms with Crippen LogP contribution in [0.5, 0.6) is 0 Å². The molecule has 0 heterocycles. The van der Waals surface area contributed by atoms with Crippen molar-refractivity contribution in [3.63, 3.8) is 0 Å². The van der Waals surface area contributed by atoms with Gasteiger partial charge in [-0.25, -0.2) is 0 Å². The Hall–Kier alpha value is -0.520. The number of rotatable bonds is 0. The lowest BCUT2D eigenvalue weighted by Crippen LogP contribution is -1.88. The van der Waals surface area contributed by atoms with E-state index in [0.717, 1.165) is 0 Å². The zero-order valence-electron chi connectivity index (χ0n) is 9.93. The number of hydrogen-bond acceptors (Lipinski definition) is 0. The maximum Gasteiger partial charge on any atom is -0.0244 e. The van der Waals surface area contributed by atoms with E-state index in [2.05, 4.69) is 12.2 Å². The molecule has 0 radical (unpaired) electrons. The van der Waals surface area contributed by atoms with Gasteiger partial charge in [0, 0.05) is 0 Å². The maximum absolute atomic E-state index is 2.53. The van der Waals surface area contributed by atoms with E-state index in [1.807, 2.05) is 0 Å². The van der Waals surface area contributed by atoms with E-state index >= 15 is 0 Å². The lowest BCUT2D eigenvalue weighted by molar-refractivity contribution is 0.578. The molecular weight excluding hydrogens is 180 g/mol. The molecule has 0 fully saturated rings. The highest BCUT2D eigenvalue weighted by molar-refractivity contribution is 5.35. The highest BCUT2D eigenvalue weighted by Crippen LogP contribution is 2.30. The first kappa shape index (κ1) is 11.0. The lowest BCUT2D eigenvalue weighted by atomic mass is 9.98. The summed E-state index contributed by atoms with van der Waals surface area (Å²) in [6, 6.07) is 0. The minimum Gasteiger partial charge on any atom is -0.0810 e. The van der Waals surface area contributed by atoms with Crippen LogP contribution in [0.15, 0.2) is 23.3 Å². The molecule has 0 bridgehead atoms. The van der Waals surface area contributed by atoms with Crippen LogP contribution in [0.25, 0.3) is 0 Å². The molecule has 0 amide bonds. The minimum atomic E-state index is 1.31. The predicted molar refractivity (Wildman–Crippen MR) is 67.0 cm³/mol. The minimum absolute atomic E-state index is 1.31.